The van der Waals surface area contributed by atoms with Crippen LogP contribution in [0.1, 0.15) is 73.3 Å². The van der Waals surface area contributed by atoms with Crippen molar-refractivity contribution in [1.29, 1.82) is 0 Å². The zero-order valence-electron chi connectivity index (χ0n) is 14.3. The Labute approximate surface area is 129 Å². The highest BCUT2D eigenvalue weighted by Crippen LogP contribution is 2.36. The lowest BCUT2D eigenvalue weighted by Crippen LogP contribution is -2.41. The minimum absolute atomic E-state index is 0.282. The van der Waals surface area contributed by atoms with Crippen LogP contribution in [0, 0.1) is 0 Å². The minimum Gasteiger partial charge on any atom is -0.399 e. The van der Waals surface area contributed by atoms with Gasteiger partial charge in [-0.05, 0) is 47.0 Å². The summed E-state index contributed by atoms with van der Waals surface area (Å²) in [7, 11) is -0.288. The summed E-state index contributed by atoms with van der Waals surface area (Å²) in [5, 5.41) is 4.43. The molecule has 0 spiro atoms. The Morgan fingerprint density at radius 1 is 1.19 bits per heavy atom. The average molecular weight is 292 g/mol. The molecule has 1 aromatic rings. The van der Waals surface area contributed by atoms with Gasteiger partial charge in [-0.3, -0.25) is 4.68 Å². The summed E-state index contributed by atoms with van der Waals surface area (Å²) in [5.41, 5.74) is 0.465. The zero-order valence-corrected chi connectivity index (χ0v) is 14.3. The molecule has 1 aliphatic carbocycles. The van der Waals surface area contributed by atoms with Crippen LogP contribution in [0.15, 0.2) is 12.4 Å². The van der Waals surface area contributed by atoms with Gasteiger partial charge in [-0.15, -0.1) is 0 Å². The van der Waals surface area contributed by atoms with Crippen LogP contribution in [-0.2, 0) is 9.31 Å². The van der Waals surface area contributed by atoms with Crippen LogP contribution < -0.4 is 5.46 Å². The third kappa shape index (κ3) is 3.34. The molecule has 1 saturated carbocycles. The van der Waals surface area contributed by atoms with E-state index in [2.05, 4.69) is 57.5 Å². The summed E-state index contributed by atoms with van der Waals surface area (Å²) in [5.74, 6) is 0. The zero-order chi connectivity index (χ0) is 15.7. The quantitative estimate of drug-likeness (QED) is 0.784. The molecule has 2 aliphatic rings. The van der Waals surface area contributed by atoms with E-state index in [0.717, 1.165) is 5.46 Å². The molecule has 1 saturated heterocycles. The van der Waals surface area contributed by atoms with Crippen molar-refractivity contribution in [2.45, 2.75) is 84.5 Å². The van der Waals surface area contributed by atoms with Gasteiger partial charge in [-0.25, -0.2) is 0 Å². The molecular weight excluding hydrogens is 263 g/mol. The predicted molar refractivity (Wildman–Crippen MR) is 86.8 cm³/mol. The fourth-order valence-electron chi connectivity index (χ4n) is 2.30. The van der Waals surface area contributed by atoms with Crippen LogP contribution in [0.3, 0.4) is 0 Å². The number of hydrogen-bond donors (Lipinski definition) is 0. The molecular formula is C16H29BN2O2. The summed E-state index contributed by atoms with van der Waals surface area (Å²) in [6.07, 6.45) is 9.00. The largest absolute Gasteiger partial charge is 0.498 e. The molecule has 0 bridgehead atoms. The Bertz CT molecular complexity index is 451. The molecule has 1 aromatic heterocycles. The highest BCUT2D eigenvalue weighted by Gasteiger charge is 2.52. The SMILES string of the molecule is CC1(C)OB(c2cnn(C3CCC3)c2)OC1(C)C.CCC. The normalized spacial score (nSPS) is 23.4. The highest BCUT2D eigenvalue weighted by atomic mass is 16.7. The van der Waals surface area contributed by atoms with Gasteiger partial charge in [-0.2, -0.15) is 5.10 Å². The lowest BCUT2D eigenvalue weighted by molar-refractivity contribution is 0.00578. The van der Waals surface area contributed by atoms with Gasteiger partial charge in [0.05, 0.1) is 17.2 Å². The summed E-state index contributed by atoms with van der Waals surface area (Å²) in [6, 6.07) is 0.584. The molecule has 118 valence electrons. The Hall–Kier alpha value is -0.805. The van der Waals surface area contributed by atoms with E-state index in [1.165, 1.54) is 25.7 Å². The molecule has 0 atom stereocenters. The van der Waals surface area contributed by atoms with Crippen LogP contribution in [0.25, 0.3) is 0 Å². The summed E-state index contributed by atoms with van der Waals surface area (Å²) < 4.78 is 14.1. The molecule has 3 rings (SSSR count). The second kappa shape index (κ2) is 6.13. The predicted octanol–water partition coefficient (Wildman–Crippen LogP) is 3.32. The molecule has 5 heteroatoms. The van der Waals surface area contributed by atoms with Crippen molar-refractivity contribution in [1.82, 2.24) is 9.78 Å². The van der Waals surface area contributed by atoms with E-state index in [1.54, 1.807) is 0 Å². The van der Waals surface area contributed by atoms with Crippen molar-refractivity contribution < 1.29 is 9.31 Å². The minimum atomic E-state index is -0.288. The van der Waals surface area contributed by atoms with Gasteiger partial charge in [0, 0.05) is 17.9 Å². The van der Waals surface area contributed by atoms with Crippen LogP contribution in [-0.4, -0.2) is 28.1 Å². The van der Waals surface area contributed by atoms with Crippen LogP contribution >= 0.6 is 0 Å². The first-order valence-corrected chi connectivity index (χ1v) is 8.20. The molecule has 1 aliphatic heterocycles. The summed E-state index contributed by atoms with van der Waals surface area (Å²) in [6.45, 7) is 12.5. The number of hydrogen-bond acceptors (Lipinski definition) is 3. The van der Waals surface area contributed by atoms with Gasteiger partial charge >= 0.3 is 7.12 Å². The Morgan fingerprint density at radius 2 is 1.71 bits per heavy atom. The Morgan fingerprint density at radius 3 is 2.14 bits per heavy atom. The lowest BCUT2D eigenvalue weighted by atomic mass is 9.82. The summed E-state index contributed by atoms with van der Waals surface area (Å²) >= 11 is 0. The van der Waals surface area contributed by atoms with E-state index in [-0.39, 0.29) is 18.3 Å². The fourth-order valence-corrected chi connectivity index (χ4v) is 2.30. The molecule has 0 aromatic carbocycles. The van der Waals surface area contributed by atoms with Crippen molar-refractivity contribution >= 4 is 12.6 Å². The van der Waals surface area contributed by atoms with Crippen molar-refractivity contribution in [3.8, 4) is 0 Å². The number of aromatic nitrogens is 2. The topological polar surface area (TPSA) is 36.3 Å². The molecule has 2 heterocycles. The van der Waals surface area contributed by atoms with Crippen molar-refractivity contribution in [2.24, 2.45) is 0 Å². The second-order valence-electron chi connectivity index (χ2n) is 7.13. The standard InChI is InChI=1S/C13H21BN2O2.C3H8/c1-12(2)13(3,4)18-14(17-12)10-8-15-16(9-10)11-6-5-7-11;1-3-2/h8-9,11H,5-7H2,1-4H3;3H2,1-2H3. The molecule has 4 nitrogen and oxygen atoms in total. The van der Waals surface area contributed by atoms with E-state index < -0.39 is 0 Å². The van der Waals surface area contributed by atoms with Gasteiger partial charge in [0.25, 0.3) is 0 Å². The van der Waals surface area contributed by atoms with Gasteiger partial charge in [0.15, 0.2) is 0 Å². The maximum atomic E-state index is 6.02. The molecule has 0 unspecified atom stereocenters. The average Bonchev–Trinajstić information content (AvgIpc) is 2.82. The van der Waals surface area contributed by atoms with Gasteiger partial charge in [0.2, 0.25) is 0 Å². The van der Waals surface area contributed by atoms with Gasteiger partial charge in [-0.1, -0.05) is 20.3 Å². The van der Waals surface area contributed by atoms with E-state index in [9.17, 15) is 0 Å². The molecule has 2 fully saturated rings. The van der Waals surface area contributed by atoms with Crippen molar-refractivity contribution in [3.05, 3.63) is 12.4 Å². The smallest absolute Gasteiger partial charge is 0.399 e. The Kier molecular flexibility index (Phi) is 4.84. The highest BCUT2D eigenvalue weighted by molar-refractivity contribution is 6.61. The third-order valence-electron chi connectivity index (χ3n) is 4.60. The molecule has 0 N–H and O–H groups in total. The van der Waals surface area contributed by atoms with Gasteiger partial charge < -0.3 is 9.31 Å². The van der Waals surface area contributed by atoms with E-state index in [1.807, 2.05) is 6.20 Å². The Balaban J connectivity index is 0.000000497. The van der Waals surface area contributed by atoms with Crippen molar-refractivity contribution in [2.75, 3.05) is 0 Å². The monoisotopic (exact) mass is 292 g/mol. The maximum absolute atomic E-state index is 6.02. The lowest BCUT2D eigenvalue weighted by Gasteiger charge is -2.32. The summed E-state index contributed by atoms with van der Waals surface area (Å²) in [4.78, 5) is 0. The first-order chi connectivity index (χ1) is 9.80. The molecule has 0 amide bonds. The van der Waals surface area contributed by atoms with Crippen molar-refractivity contribution in [3.63, 3.8) is 0 Å². The molecule has 0 radical (unpaired) electrons. The second-order valence-corrected chi connectivity index (χ2v) is 7.13. The number of nitrogens with zero attached hydrogens (tertiary/aromatic N) is 2. The van der Waals surface area contributed by atoms with E-state index in [0.29, 0.717) is 6.04 Å². The van der Waals surface area contributed by atoms with Crippen LogP contribution in [0.4, 0.5) is 0 Å². The van der Waals surface area contributed by atoms with E-state index >= 15 is 0 Å². The van der Waals surface area contributed by atoms with Crippen LogP contribution in [0.2, 0.25) is 0 Å². The molecule has 21 heavy (non-hydrogen) atoms. The first-order valence-electron chi connectivity index (χ1n) is 8.20. The third-order valence-corrected chi connectivity index (χ3v) is 4.60. The van der Waals surface area contributed by atoms with Crippen LogP contribution in [0.5, 0.6) is 0 Å². The first kappa shape index (κ1) is 16.6. The fraction of sp³-hybridized carbons (Fsp3) is 0.812. The number of rotatable bonds is 2. The van der Waals surface area contributed by atoms with E-state index in [4.69, 9.17) is 9.31 Å². The van der Waals surface area contributed by atoms with Gasteiger partial charge in [0.1, 0.15) is 0 Å². The maximum Gasteiger partial charge on any atom is 0.498 e.